The van der Waals surface area contributed by atoms with Crippen LogP contribution in [0.5, 0.6) is 0 Å². The Hall–Kier alpha value is -1.10. The van der Waals surface area contributed by atoms with E-state index in [-0.39, 0.29) is 17.4 Å². The first-order valence-electron chi connectivity index (χ1n) is 6.68. The number of hydrogen-bond donors (Lipinski definition) is 1. The quantitative estimate of drug-likeness (QED) is 0.726. The zero-order chi connectivity index (χ0) is 13.8. The Kier molecular flexibility index (Phi) is 5.14. The highest BCUT2D eigenvalue weighted by atomic mass is 16.2. The van der Waals surface area contributed by atoms with Gasteiger partial charge in [0.2, 0.25) is 0 Å². The summed E-state index contributed by atoms with van der Waals surface area (Å²) in [7, 11) is 0. The average Bonchev–Trinajstić information content (AvgIpc) is 2.27. The van der Waals surface area contributed by atoms with Gasteiger partial charge in [0.25, 0.3) is 0 Å². The Morgan fingerprint density at radius 1 is 1.06 bits per heavy atom. The van der Waals surface area contributed by atoms with Crippen molar-refractivity contribution in [2.24, 2.45) is 0 Å². The van der Waals surface area contributed by atoms with Gasteiger partial charge in [-0.25, -0.2) is 0 Å². The minimum Gasteiger partial charge on any atom is -0.333 e. The summed E-state index contributed by atoms with van der Waals surface area (Å²) in [6, 6.07) is 0. The lowest BCUT2D eigenvalue weighted by atomic mass is 10.1. The van der Waals surface area contributed by atoms with E-state index < -0.39 is 0 Å². The fraction of sp³-hybridized carbons (Fsp3) is 0.846. The van der Waals surface area contributed by atoms with E-state index in [4.69, 9.17) is 0 Å². The van der Waals surface area contributed by atoms with Gasteiger partial charge in [0.15, 0.2) is 0 Å². The molecule has 1 saturated heterocycles. The van der Waals surface area contributed by atoms with Gasteiger partial charge in [-0.15, -0.1) is 0 Å². The predicted molar refractivity (Wildman–Crippen MR) is 71.2 cm³/mol. The first-order valence-corrected chi connectivity index (χ1v) is 6.68. The molecule has 1 fully saturated rings. The van der Waals surface area contributed by atoms with Crippen LogP contribution in [-0.4, -0.2) is 59.9 Å². The van der Waals surface area contributed by atoms with Crippen LogP contribution in [0.2, 0.25) is 0 Å². The molecule has 1 aliphatic heterocycles. The van der Waals surface area contributed by atoms with Gasteiger partial charge < -0.3 is 15.1 Å². The maximum absolute atomic E-state index is 11.9. The second-order valence-electron chi connectivity index (χ2n) is 5.76. The molecule has 5 heteroatoms. The molecule has 1 N–H and O–H groups in total. The normalized spacial score (nSPS) is 17.6. The lowest BCUT2D eigenvalue weighted by Gasteiger charge is -2.34. The fourth-order valence-electron chi connectivity index (χ4n) is 1.98. The third-order valence-electron chi connectivity index (χ3n) is 2.93. The molecule has 0 aromatic rings. The Balaban J connectivity index is 2.41. The summed E-state index contributed by atoms with van der Waals surface area (Å²) >= 11 is 0. The van der Waals surface area contributed by atoms with Gasteiger partial charge in [0, 0.05) is 38.3 Å². The van der Waals surface area contributed by atoms with Crippen molar-refractivity contribution in [3.05, 3.63) is 0 Å². The van der Waals surface area contributed by atoms with E-state index in [2.05, 4.69) is 26.1 Å². The van der Waals surface area contributed by atoms with Gasteiger partial charge in [-0.1, -0.05) is 6.92 Å². The standard InChI is InChI=1S/C13H25N3O2/c1-5-7-15-9-10-16(12(18)11(15)17)8-6-14-13(2,3)4/h14H,5-10H2,1-4H3. The molecule has 104 valence electrons. The average molecular weight is 255 g/mol. The summed E-state index contributed by atoms with van der Waals surface area (Å²) in [6.45, 7) is 11.6. The summed E-state index contributed by atoms with van der Waals surface area (Å²) in [5.74, 6) is -0.704. The maximum atomic E-state index is 11.9. The van der Waals surface area contributed by atoms with Crippen molar-refractivity contribution in [1.29, 1.82) is 0 Å². The Bertz CT molecular complexity index is 310. The number of nitrogens with zero attached hydrogens (tertiary/aromatic N) is 2. The number of carbonyl (C=O) groups excluding carboxylic acids is 2. The van der Waals surface area contributed by atoms with Crippen molar-refractivity contribution in [2.45, 2.75) is 39.7 Å². The van der Waals surface area contributed by atoms with Crippen molar-refractivity contribution in [1.82, 2.24) is 15.1 Å². The maximum Gasteiger partial charge on any atom is 0.312 e. The van der Waals surface area contributed by atoms with Crippen LogP contribution >= 0.6 is 0 Å². The number of carbonyl (C=O) groups is 2. The van der Waals surface area contributed by atoms with Crippen LogP contribution in [0.15, 0.2) is 0 Å². The molecule has 0 spiro atoms. The molecule has 0 radical (unpaired) electrons. The monoisotopic (exact) mass is 255 g/mol. The van der Waals surface area contributed by atoms with Crippen LogP contribution in [0.25, 0.3) is 0 Å². The minimum atomic E-state index is -0.356. The van der Waals surface area contributed by atoms with E-state index in [9.17, 15) is 9.59 Å². The molecule has 1 heterocycles. The summed E-state index contributed by atoms with van der Waals surface area (Å²) in [4.78, 5) is 27.0. The van der Waals surface area contributed by atoms with Crippen molar-refractivity contribution in [3.8, 4) is 0 Å². The first-order chi connectivity index (χ1) is 8.35. The summed E-state index contributed by atoms with van der Waals surface area (Å²) < 4.78 is 0. The zero-order valence-corrected chi connectivity index (χ0v) is 12.0. The van der Waals surface area contributed by atoms with Gasteiger partial charge in [-0.05, 0) is 27.2 Å². The first kappa shape index (κ1) is 15.0. The highest BCUT2D eigenvalue weighted by molar-refractivity contribution is 6.35. The Morgan fingerprint density at radius 2 is 1.56 bits per heavy atom. The highest BCUT2D eigenvalue weighted by Crippen LogP contribution is 2.06. The van der Waals surface area contributed by atoms with Gasteiger partial charge in [-0.2, -0.15) is 0 Å². The van der Waals surface area contributed by atoms with E-state index in [0.717, 1.165) is 13.0 Å². The minimum absolute atomic E-state index is 0.0388. The van der Waals surface area contributed by atoms with Crippen LogP contribution in [0, 0.1) is 0 Å². The summed E-state index contributed by atoms with van der Waals surface area (Å²) in [5.41, 5.74) is 0.0388. The van der Waals surface area contributed by atoms with Crippen LogP contribution in [-0.2, 0) is 9.59 Å². The van der Waals surface area contributed by atoms with Crippen LogP contribution in [0.3, 0.4) is 0 Å². The molecule has 0 atom stereocenters. The largest absolute Gasteiger partial charge is 0.333 e. The van der Waals surface area contributed by atoms with Crippen molar-refractivity contribution >= 4 is 11.8 Å². The molecule has 0 unspecified atom stereocenters. The smallest absolute Gasteiger partial charge is 0.312 e. The van der Waals surface area contributed by atoms with Crippen molar-refractivity contribution in [3.63, 3.8) is 0 Å². The topological polar surface area (TPSA) is 52.6 Å². The molecule has 0 bridgehead atoms. The molecule has 2 amide bonds. The molecular formula is C13H25N3O2. The fourth-order valence-corrected chi connectivity index (χ4v) is 1.98. The second-order valence-corrected chi connectivity index (χ2v) is 5.76. The zero-order valence-electron chi connectivity index (χ0n) is 12.0. The Labute approximate surface area is 110 Å². The second kappa shape index (κ2) is 6.18. The number of hydrogen-bond acceptors (Lipinski definition) is 3. The van der Waals surface area contributed by atoms with Crippen molar-refractivity contribution < 1.29 is 9.59 Å². The number of nitrogens with one attached hydrogen (secondary N) is 1. The lowest BCUT2D eigenvalue weighted by molar-refractivity contribution is -0.155. The van der Waals surface area contributed by atoms with E-state index in [0.29, 0.717) is 26.2 Å². The van der Waals surface area contributed by atoms with Crippen LogP contribution in [0.1, 0.15) is 34.1 Å². The van der Waals surface area contributed by atoms with E-state index in [1.807, 2.05) is 6.92 Å². The van der Waals surface area contributed by atoms with Gasteiger partial charge in [0.05, 0.1) is 0 Å². The van der Waals surface area contributed by atoms with Crippen LogP contribution in [0.4, 0.5) is 0 Å². The summed E-state index contributed by atoms with van der Waals surface area (Å²) in [6.07, 6.45) is 0.893. The molecule has 0 aromatic carbocycles. The third kappa shape index (κ3) is 4.29. The summed E-state index contributed by atoms with van der Waals surface area (Å²) in [5, 5.41) is 3.32. The molecular weight excluding hydrogens is 230 g/mol. The molecule has 1 aliphatic rings. The SMILES string of the molecule is CCCN1CCN(CCNC(C)(C)C)C(=O)C1=O. The highest BCUT2D eigenvalue weighted by Gasteiger charge is 2.31. The number of piperazine rings is 1. The van der Waals surface area contributed by atoms with E-state index in [1.165, 1.54) is 0 Å². The molecule has 5 nitrogen and oxygen atoms in total. The van der Waals surface area contributed by atoms with Crippen molar-refractivity contribution in [2.75, 3.05) is 32.7 Å². The third-order valence-corrected chi connectivity index (χ3v) is 2.93. The molecule has 1 rings (SSSR count). The van der Waals surface area contributed by atoms with Crippen LogP contribution < -0.4 is 5.32 Å². The Morgan fingerprint density at radius 3 is 2.00 bits per heavy atom. The number of rotatable bonds is 5. The lowest BCUT2D eigenvalue weighted by Crippen LogP contribution is -2.56. The van der Waals surface area contributed by atoms with Gasteiger partial charge >= 0.3 is 11.8 Å². The molecule has 0 aliphatic carbocycles. The van der Waals surface area contributed by atoms with E-state index in [1.54, 1.807) is 9.80 Å². The molecule has 18 heavy (non-hydrogen) atoms. The number of amides is 2. The van der Waals surface area contributed by atoms with Gasteiger partial charge in [0.1, 0.15) is 0 Å². The predicted octanol–water partition coefficient (Wildman–Crippen LogP) is 0.455. The van der Waals surface area contributed by atoms with E-state index >= 15 is 0 Å². The molecule has 0 saturated carbocycles. The van der Waals surface area contributed by atoms with Gasteiger partial charge in [-0.3, -0.25) is 9.59 Å². The molecule has 0 aromatic heterocycles.